The molecule has 0 aliphatic heterocycles. The lowest BCUT2D eigenvalue weighted by atomic mass is 9.91. The Morgan fingerprint density at radius 1 is 1.13 bits per heavy atom. The number of aromatic nitrogens is 6. The van der Waals surface area contributed by atoms with E-state index >= 15 is 0 Å². The first kappa shape index (κ1) is 25.8. The summed E-state index contributed by atoms with van der Waals surface area (Å²) in [6, 6.07) is 20.6. The Morgan fingerprint density at radius 3 is 2.67 bits per heavy atom. The molecule has 1 atom stereocenters. The fourth-order valence-electron chi connectivity index (χ4n) is 4.46. The van der Waals surface area contributed by atoms with Crippen LogP contribution in [0.25, 0.3) is 22.3 Å². The number of H-pyrrole nitrogens is 1. The normalized spacial score (nSPS) is 13.0. The van der Waals surface area contributed by atoms with Gasteiger partial charge in [0.05, 0.1) is 22.3 Å². The van der Waals surface area contributed by atoms with Gasteiger partial charge in [-0.3, -0.25) is 0 Å². The molecule has 39 heavy (non-hydrogen) atoms. The number of benzene rings is 3. The third-order valence-corrected chi connectivity index (χ3v) is 6.76. The first-order valence-corrected chi connectivity index (χ1v) is 12.6. The monoisotopic (exact) mass is 536 g/mol. The number of rotatable bonds is 9. The van der Waals surface area contributed by atoms with Gasteiger partial charge in [-0.1, -0.05) is 72.3 Å². The van der Waals surface area contributed by atoms with Gasteiger partial charge in [0.1, 0.15) is 12.2 Å². The van der Waals surface area contributed by atoms with Crippen LogP contribution in [0.4, 0.5) is 0 Å². The van der Waals surface area contributed by atoms with Crippen molar-refractivity contribution in [2.24, 2.45) is 0 Å². The van der Waals surface area contributed by atoms with Gasteiger partial charge in [-0.15, -0.1) is 5.10 Å². The highest BCUT2D eigenvalue weighted by molar-refractivity contribution is 6.30. The maximum Gasteiger partial charge on any atom is 0.335 e. The number of carboxylic acid groups (broad SMARTS) is 1. The number of nitrogens with one attached hydrogen (secondary N) is 1. The highest BCUT2D eigenvalue weighted by Crippen LogP contribution is 2.31. The molecule has 5 rings (SSSR count). The van der Waals surface area contributed by atoms with Crippen LogP contribution in [0.15, 0.2) is 103 Å². The van der Waals surface area contributed by atoms with Crippen molar-refractivity contribution in [2.45, 2.75) is 19.3 Å². The van der Waals surface area contributed by atoms with E-state index in [1.165, 1.54) is 6.33 Å². The first-order chi connectivity index (χ1) is 18.9. The zero-order valence-corrected chi connectivity index (χ0v) is 21.9. The average Bonchev–Trinajstić information content (AvgIpc) is 3.62. The summed E-state index contributed by atoms with van der Waals surface area (Å²) in [5.74, 6) is -0.313. The predicted octanol–water partition coefficient (Wildman–Crippen LogP) is 6.43. The van der Waals surface area contributed by atoms with Gasteiger partial charge in [-0.2, -0.15) is 4.68 Å². The third-order valence-electron chi connectivity index (χ3n) is 6.52. The highest BCUT2D eigenvalue weighted by atomic mass is 35.5. The van der Waals surface area contributed by atoms with Crippen LogP contribution in [-0.2, 0) is 6.42 Å². The van der Waals surface area contributed by atoms with Crippen LogP contribution < -0.4 is 0 Å². The second kappa shape index (κ2) is 11.3. The van der Waals surface area contributed by atoms with Crippen molar-refractivity contribution >= 4 is 34.2 Å². The second-order valence-electron chi connectivity index (χ2n) is 9.05. The van der Waals surface area contributed by atoms with Gasteiger partial charge < -0.3 is 10.1 Å². The van der Waals surface area contributed by atoms with Crippen LogP contribution in [0.3, 0.4) is 0 Å². The van der Waals surface area contributed by atoms with E-state index in [0.29, 0.717) is 17.0 Å². The fourth-order valence-corrected chi connectivity index (χ4v) is 4.63. The lowest BCUT2D eigenvalue weighted by molar-refractivity contribution is 0.0697. The van der Waals surface area contributed by atoms with Crippen LogP contribution >= 0.6 is 11.6 Å². The zero-order chi connectivity index (χ0) is 27.4. The van der Waals surface area contributed by atoms with Crippen molar-refractivity contribution in [3.05, 3.63) is 131 Å². The molecule has 2 N–H and O–H groups in total. The van der Waals surface area contributed by atoms with Crippen LogP contribution in [-0.4, -0.2) is 41.3 Å². The summed E-state index contributed by atoms with van der Waals surface area (Å²) >= 11 is 6.35. The average molecular weight is 537 g/mol. The number of allylic oxidation sites excluding steroid dienone is 5. The molecule has 0 unspecified atom stereocenters. The number of aromatic amines is 1. The van der Waals surface area contributed by atoms with Crippen LogP contribution in [0.5, 0.6) is 0 Å². The summed E-state index contributed by atoms with van der Waals surface area (Å²) in [6.07, 6.45) is 8.04. The van der Waals surface area contributed by atoms with Gasteiger partial charge in [-0.05, 0) is 71.3 Å². The number of hydrogen-bond donors (Lipinski definition) is 2. The van der Waals surface area contributed by atoms with Gasteiger partial charge in [-0.25, -0.2) is 9.78 Å². The molecule has 3 aromatic carbocycles. The SMILES string of the molecule is C=C/C(=C\C=C(/C)[C@@H](Cc1ccccc1)c1nc2cc(C(=O)O)ccc2[nH]1)c1cc(Cl)ccc1-n1cnnn1. The van der Waals surface area contributed by atoms with Crippen molar-refractivity contribution in [1.82, 2.24) is 30.2 Å². The number of hydrogen-bond acceptors (Lipinski definition) is 5. The number of nitrogens with zero attached hydrogens (tertiary/aromatic N) is 5. The molecule has 8 nitrogen and oxygen atoms in total. The molecule has 0 saturated carbocycles. The topological polar surface area (TPSA) is 110 Å². The number of fused-ring (bicyclic) bond motifs is 1. The van der Waals surface area contributed by atoms with Crippen molar-refractivity contribution < 1.29 is 9.90 Å². The summed E-state index contributed by atoms with van der Waals surface area (Å²) in [4.78, 5) is 19.7. The standard InChI is InChI=1S/C30H25ClN6O2/c1-3-21(25-17-23(31)12-14-28(25)37-18-32-35-36-37)10-9-19(2)24(15-20-7-5-4-6-8-20)29-33-26-13-11-22(30(38)39)16-27(26)34-29/h3-14,16-18,24H,1,15H2,2H3,(H,33,34)(H,38,39)/b19-9+,21-10+/t24-/m1/s1. The number of halogens is 1. The summed E-state index contributed by atoms with van der Waals surface area (Å²) in [6.45, 7) is 6.08. The zero-order valence-electron chi connectivity index (χ0n) is 21.1. The number of tetrazole rings is 1. The molecule has 0 aliphatic rings. The van der Waals surface area contributed by atoms with E-state index in [2.05, 4.69) is 46.1 Å². The van der Waals surface area contributed by atoms with Gasteiger partial charge >= 0.3 is 5.97 Å². The van der Waals surface area contributed by atoms with Gasteiger partial charge in [0, 0.05) is 16.5 Å². The lowest BCUT2D eigenvalue weighted by Gasteiger charge is -2.16. The van der Waals surface area contributed by atoms with E-state index in [-0.39, 0.29) is 11.5 Å². The van der Waals surface area contributed by atoms with Crippen LogP contribution in [0, 0.1) is 0 Å². The molecule has 194 valence electrons. The molecule has 9 heteroatoms. The van der Waals surface area contributed by atoms with Crippen LogP contribution in [0.2, 0.25) is 5.02 Å². The van der Waals surface area contributed by atoms with Crippen molar-refractivity contribution in [1.29, 1.82) is 0 Å². The van der Waals surface area contributed by atoms with Crippen molar-refractivity contribution in [3.63, 3.8) is 0 Å². The molecule has 0 amide bonds. The maximum absolute atomic E-state index is 11.5. The van der Waals surface area contributed by atoms with E-state index in [4.69, 9.17) is 16.6 Å². The highest BCUT2D eigenvalue weighted by Gasteiger charge is 2.19. The summed E-state index contributed by atoms with van der Waals surface area (Å²) in [5.41, 5.74) is 6.26. The van der Waals surface area contributed by atoms with E-state index in [0.717, 1.165) is 39.3 Å². The summed E-state index contributed by atoms with van der Waals surface area (Å²) in [5, 5.41) is 21.5. The number of imidazole rings is 1. The van der Waals surface area contributed by atoms with E-state index in [9.17, 15) is 9.90 Å². The fraction of sp³-hybridized carbons (Fsp3) is 0.100. The minimum atomic E-state index is -0.984. The maximum atomic E-state index is 11.5. The number of carboxylic acids is 1. The smallest absolute Gasteiger partial charge is 0.335 e. The van der Waals surface area contributed by atoms with Gasteiger partial charge in [0.15, 0.2) is 0 Å². The third kappa shape index (κ3) is 5.71. The largest absolute Gasteiger partial charge is 0.478 e. The number of aromatic carboxylic acids is 1. The Balaban J connectivity index is 1.56. The minimum absolute atomic E-state index is 0.0891. The molecular formula is C30H25ClN6O2. The molecule has 0 bridgehead atoms. The van der Waals surface area contributed by atoms with E-state index in [1.807, 2.05) is 42.5 Å². The Labute approximate surface area is 230 Å². The second-order valence-corrected chi connectivity index (χ2v) is 9.49. The summed E-state index contributed by atoms with van der Waals surface area (Å²) in [7, 11) is 0. The summed E-state index contributed by atoms with van der Waals surface area (Å²) < 4.78 is 1.58. The Morgan fingerprint density at radius 2 is 1.95 bits per heavy atom. The first-order valence-electron chi connectivity index (χ1n) is 12.2. The molecule has 2 heterocycles. The van der Waals surface area contributed by atoms with Gasteiger partial charge in [0.2, 0.25) is 0 Å². The lowest BCUT2D eigenvalue weighted by Crippen LogP contribution is -2.07. The molecule has 0 aliphatic carbocycles. The molecule has 0 fully saturated rings. The number of carbonyl (C=O) groups is 1. The van der Waals surface area contributed by atoms with E-state index < -0.39 is 5.97 Å². The van der Waals surface area contributed by atoms with Crippen molar-refractivity contribution in [2.75, 3.05) is 0 Å². The predicted molar refractivity (Wildman–Crippen MR) is 152 cm³/mol. The quantitative estimate of drug-likeness (QED) is 0.210. The Bertz CT molecular complexity index is 1700. The molecule has 2 aromatic heterocycles. The Hall–Kier alpha value is -4.82. The molecule has 5 aromatic rings. The van der Waals surface area contributed by atoms with Crippen molar-refractivity contribution in [3.8, 4) is 5.69 Å². The molecular weight excluding hydrogens is 512 g/mol. The van der Waals surface area contributed by atoms with Crippen LogP contribution in [0.1, 0.15) is 40.2 Å². The molecule has 0 saturated heterocycles. The minimum Gasteiger partial charge on any atom is -0.478 e. The van der Waals surface area contributed by atoms with E-state index in [1.54, 1.807) is 35.0 Å². The molecule has 0 spiro atoms. The Kier molecular flexibility index (Phi) is 7.47. The molecule has 0 radical (unpaired) electrons. The van der Waals surface area contributed by atoms with Gasteiger partial charge in [0.25, 0.3) is 0 Å².